The minimum atomic E-state index is -4.38. The molecular formula is C16H24F6O2. The lowest BCUT2D eigenvalue weighted by Gasteiger charge is -2.20. The molecule has 0 aliphatic rings. The highest BCUT2D eigenvalue weighted by Gasteiger charge is 2.32. The molecular weight excluding hydrogens is 338 g/mol. The Morgan fingerprint density at radius 2 is 1.25 bits per heavy atom. The molecule has 2 nitrogen and oxygen atoms in total. The summed E-state index contributed by atoms with van der Waals surface area (Å²) < 4.78 is 73.8. The first kappa shape index (κ1) is 22.8. The van der Waals surface area contributed by atoms with Crippen molar-refractivity contribution in [2.75, 3.05) is 0 Å². The monoisotopic (exact) mass is 362 g/mol. The van der Waals surface area contributed by atoms with E-state index in [1.807, 2.05) is 0 Å². The number of aliphatic hydroxyl groups excluding tert-OH is 1. The summed E-state index contributed by atoms with van der Waals surface area (Å²) in [6, 6.07) is 0. The maximum absolute atomic E-state index is 12.3. The van der Waals surface area contributed by atoms with Crippen LogP contribution in [0.1, 0.15) is 59.3 Å². The second kappa shape index (κ2) is 9.32. The van der Waals surface area contributed by atoms with Crippen molar-refractivity contribution in [2.24, 2.45) is 11.8 Å². The van der Waals surface area contributed by atoms with Crippen LogP contribution in [-0.4, -0.2) is 23.2 Å². The number of alkyl halides is 6. The van der Waals surface area contributed by atoms with Gasteiger partial charge in [0.2, 0.25) is 0 Å². The summed E-state index contributed by atoms with van der Waals surface area (Å²) in [5.41, 5.74) is -0.141. The molecule has 2 atom stereocenters. The van der Waals surface area contributed by atoms with Gasteiger partial charge >= 0.3 is 12.4 Å². The second-order valence-corrected chi connectivity index (χ2v) is 5.89. The molecule has 0 fully saturated rings. The molecule has 0 spiro atoms. The normalized spacial score (nSPS) is 16.5. The number of carbonyl (C=O) groups excluding carboxylic acids is 1. The van der Waals surface area contributed by atoms with Crippen LogP contribution < -0.4 is 0 Å². The first-order valence-corrected chi connectivity index (χ1v) is 7.89. The maximum Gasteiger partial charge on any atom is 0.389 e. The second-order valence-electron chi connectivity index (χ2n) is 5.89. The van der Waals surface area contributed by atoms with Crippen molar-refractivity contribution in [3.63, 3.8) is 0 Å². The molecule has 142 valence electrons. The fourth-order valence-electron chi connectivity index (χ4n) is 2.47. The van der Waals surface area contributed by atoms with Crippen molar-refractivity contribution in [1.82, 2.24) is 0 Å². The van der Waals surface area contributed by atoms with Crippen molar-refractivity contribution in [3.8, 4) is 0 Å². The molecule has 8 heteroatoms. The Labute approximate surface area is 137 Å². The van der Waals surface area contributed by atoms with Gasteiger partial charge in [-0.25, -0.2) is 0 Å². The summed E-state index contributed by atoms with van der Waals surface area (Å²) in [5.74, 6) is -2.83. The van der Waals surface area contributed by atoms with Crippen molar-refractivity contribution in [2.45, 2.75) is 71.6 Å². The predicted octanol–water partition coefficient (Wildman–Crippen LogP) is 6.12. The largest absolute Gasteiger partial charge is 0.512 e. The SMILES string of the molecule is CCC(CCC(F)(F)F)C(=O)/C(C)=C(\O)C(CC)CCC(F)(F)F. The molecule has 0 saturated carbocycles. The summed E-state index contributed by atoms with van der Waals surface area (Å²) in [5, 5.41) is 10.1. The Morgan fingerprint density at radius 1 is 0.875 bits per heavy atom. The van der Waals surface area contributed by atoms with Crippen molar-refractivity contribution in [3.05, 3.63) is 11.3 Å². The van der Waals surface area contributed by atoms with E-state index in [0.29, 0.717) is 0 Å². The number of rotatable bonds is 9. The maximum atomic E-state index is 12.3. The van der Waals surface area contributed by atoms with Crippen molar-refractivity contribution >= 4 is 5.78 Å². The van der Waals surface area contributed by atoms with Gasteiger partial charge in [-0.1, -0.05) is 13.8 Å². The van der Waals surface area contributed by atoms with Crippen molar-refractivity contribution < 1.29 is 36.2 Å². The van der Waals surface area contributed by atoms with E-state index in [-0.39, 0.29) is 24.8 Å². The number of halogens is 6. The summed E-state index contributed by atoms with van der Waals surface area (Å²) >= 11 is 0. The van der Waals surface area contributed by atoms with E-state index >= 15 is 0 Å². The van der Waals surface area contributed by atoms with Crippen LogP contribution in [0.5, 0.6) is 0 Å². The average Bonchev–Trinajstić information content (AvgIpc) is 2.44. The lowest BCUT2D eigenvalue weighted by atomic mass is 9.87. The molecule has 0 aromatic rings. The molecule has 0 bridgehead atoms. The zero-order valence-electron chi connectivity index (χ0n) is 14.0. The van der Waals surface area contributed by atoms with E-state index in [4.69, 9.17) is 0 Å². The zero-order valence-corrected chi connectivity index (χ0v) is 14.0. The minimum absolute atomic E-state index is 0.141. The van der Waals surface area contributed by atoms with Crippen LogP contribution in [0.4, 0.5) is 26.3 Å². The first-order chi connectivity index (χ1) is 10.8. The Hall–Kier alpha value is -1.21. The van der Waals surface area contributed by atoms with Gasteiger partial charge < -0.3 is 5.11 Å². The molecule has 0 saturated heterocycles. The molecule has 0 amide bonds. The van der Waals surface area contributed by atoms with Gasteiger partial charge in [0, 0.05) is 30.3 Å². The molecule has 0 aliphatic carbocycles. The van der Waals surface area contributed by atoms with E-state index in [0.717, 1.165) is 0 Å². The lowest BCUT2D eigenvalue weighted by molar-refractivity contribution is -0.140. The van der Waals surface area contributed by atoms with Crippen LogP contribution in [0, 0.1) is 11.8 Å². The van der Waals surface area contributed by atoms with E-state index in [1.165, 1.54) is 6.92 Å². The van der Waals surface area contributed by atoms with Gasteiger partial charge in [0.15, 0.2) is 5.78 Å². The average molecular weight is 362 g/mol. The third-order valence-electron chi connectivity index (χ3n) is 4.05. The van der Waals surface area contributed by atoms with Gasteiger partial charge in [-0.15, -0.1) is 0 Å². The van der Waals surface area contributed by atoms with Crippen LogP contribution >= 0.6 is 0 Å². The molecule has 24 heavy (non-hydrogen) atoms. The summed E-state index contributed by atoms with van der Waals surface area (Å²) in [7, 11) is 0. The third kappa shape index (κ3) is 8.59. The number of aliphatic hydroxyl groups is 1. The minimum Gasteiger partial charge on any atom is -0.512 e. The van der Waals surface area contributed by atoms with Crippen LogP contribution in [-0.2, 0) is 4.79 Å². The highest BCUT2D eigenvalue weighted by molar-refractivity contribution is 5.97. The van der Waals surface area contributed by atoms with E-state index in [9.17, 15) is 36.2 Å². The van der Waals surface area contributed by atoms with Gasteiger partial charge in [-0.05, 0) is 32.6 Å². The molecule has 0 heterocycles. The topological polar surface area (TPSA) is 37.3 Å². The number of carbonyl (C=O) groups is 1. The first-order valence-electron chi connectivity index (χ1n) is 7.89. The Morgan fingerprint density at radius 3 is 1.58 bits per heavy atom. The fraction of sp³-hybridized carbons (Fsp3) is 0.812. The Balaban J connectivity index is 5.09. The predicted molar refractivity (Wildman–Crippen MR) is 78.5 cm³/mol. The zero-order chi connectivity index (χ0) is 19.1. The summed E-state index contributed by atoms with van der Waals surface area (Å²) in [6.07, 6.45) is -11.4. The molecule has 0 rings (SSSR count). The molecule has 0 aromatic carbocycles. The molecule has 0 aliphatic heterocycles. The smallest absolute Gasteiger partial charge is 0.389 e. The number of hydrogen-bond donors (Lipinski definition) is 1. The number of ketones is 1. The van der Waals surface area contributed by atoms with Gasteiger partial charge in [0.05, 0.1) is 0 Å². The van der Waals surface area contributed by atoms with Crippen LogP contribution in [0.25, 0.3) is 0 Å². The fourth-order valence-corrected chi connectivity index (χ4v) is 2.47. The standard InChI is InChI=1S/C16H24F6O2/c1-4-11(6-8-15(17,18)19)13(23)10(3)14(24)12(5-2)7-9-16(20,21)22/h11-12,23H,4-9H2,1-3H3/b13-10-. The third-order valence-corrected chi connectivity index (χ3v) is 4.05. The highest BCUT2D eigenvalue weighted by atomic mass is 19.4. The molecule has 0 aromatic heterocycles. The Kier molecular flexibility index (Phi) is 8.85. The van der Waals surface area contributed by atoms with Crippen LogP contribution in [0.2, 0.25) is 0 Å². The number of hydrogen-bond acceptors (Lipinski definition) is 2. The van der Waals surface area contributed by atoms with Gasteiger partial charge in [0.25, 0.3) is 0 Å². The summed E-state index contributed by atoms with van der Waals surface area (Å²) in [4.78, 5) is 12.2. The molecule has 1 N–H and O–H groups in total. The summed E-state index contributed by atoms with van der Waals surface area (Å²) in [6.45, 7) is 4.39. The van der Waals surface area contributed by atoms with Gasteiger partial charge in [0.1, 0.15) is 5.76 Å². The molecule has 2 unspecified atom stereocenters. The molecule has 0 radical (unpaired) electrons. The quantitative estimate of drug-likeness (QED) is 0.305. The van der Waals surface area contributed by atoms with E-state index < -0.39 is 55.0 Å². The number of allylic oxidation sites excluding steroid dienone is 2. The van der Waals surface area contributed by atoms with Crippen molar-refractivity contribution in [1.29, 1.82) is 0 Å². The van der Waals surface area contributed by atoms with E-state index in [2.05, 4.69) is 0 Å². The lowest BCUT2D eigenvalue weighted by Crippen LogP contribution is -2.21. The van der Waals surface area contributed by atoms with Crippen LogP contribution in [0.3, 0.4) is 0 Å². The van der Waals surface area contributed by atoms with Gasteiger partial charge in [-0.2, -0.15) is 26.3 Å². The van der Waals surface area contributed by atoms with Crippen LogP contribution in [0.15, 0.2) is 11.3 Å². The highest BCUT2D eigenvalue weighted by Crippen LogP contribution is 2.31. The van der Waals surface area contributed by atoms with E-state index in [1.54, 1.807) is 13.8 Å². The van der Waals surface area contributed by atoms with Gasteiger partial charge in [-0.3, -0.25) is 4.79 Å². The number of Topliss-reactive ketones (excluding diaryl/α,β-unsaturated/α-hetero) is 1. The Bertz CT molecular complexity index is 437.